The number of anilines is 2. The van der Waals surface area contributed by atoms with Crippen LogP contribution < -0.4 is 16.4 Å². The molecule has 0 bridgehead atoms. The molecule has 6 aromatic rings. The molecule has 2 unspecified atom stereocenters. The lowest BCUT2D eigenvalue weighted by atomic mass is 9.98. The van der Waals surface area contributed by atoms with E-state index in [1.165, 1.54) is 56.2 Å². The number of ether oxygens (including phenoxy) is 1. The molecule has 52 heavy (non-hydrogen) atoms. The smallest absolute Gasteiger partial charge is 0.307 e. The molecule has 4 N–H and O–H groups in total. The van der Waals surface area contributed by atoms with E-state index in [9.17, 15) is 27.7 Å². The number of carbonyl (C=O) groups excluding carboxylic acids is 2. The summed E-state index contributed by atoms with van der Waals surface area (Å²) in [5.41, 5.74) is 8.83. The van der Waals surface area contributed by atoms with Crippen molar-refractivity contribution in [1.82, 2.24) is 24.2 Å². The fourth-order valence-electron chi connectivity index (χ4n) is 5.65. The van der Waals surface area contributed by atoms with Gasteiger partial charge >= 0.3 is 5.97 Å². The molecule has 6 rings (SSSR count). The van der Waals surface area contributed by atoms with Crippen molar-refractivity contribution in [2.75, 3.05) is 18.2 Å². The molecule has 1 amide bonds. The lowest BCUT2D eigenvalue weighted by molar-refractivity contribution is -0.140. The number of nitrogens with zero attached hydrogens (tertiary/aromatic N) is 5. The summed E-state index contributed by atoms with van der Waals surface area (Å²) in [6.07, 6.45) is 3.77. The second kappa shape index (κ2) is 14.7. The Hall–Kier alpha value is -6.66. The lowest BCUT2D eigenvalue weighted by Gasteiger charge is -2.22. The van der Waals surface area contributed by atoms with Crippen LogP contribution in [0.1, 0.15) is 52.5 Å². The van der Waals surface area contributed by atoms with Gasteiger partial charge in [0.1, 0.15) is 29.8 Å². The Labute approximate surface area is 298 Å². The Morgan fingerprint density at radius 3 is 2.37 bits per heavy atom. The SMILES string of the molecule is COC(=O)CC(Nc1ncc(C#N)cc1C(=O)NC(C)c1ccc(F)cc1)c1ccc(-c2cn(S(=O)(=O)c3ccccc3)c3ncnc(N)c23)cc1. The van der Waals surface area contributed by atoms with Crippen LogP contribution in [0.3, 0.4) is 0 Å². The molecule has 0 saturated heterocycles. The quantitative estimate of drug-likeness (QED) is 0.143. The van der Waals surface area contributed by atoms with Crippen LogP contribution in [0.25, 0.3) is 22.2 Å². The van der Waals surface area contributed by atoms with E-state index in [-0.39, 0.29) is 39.7 Å². The number of hydrogen-bond acceptors (Lipinski definition) is 11. The minimum absolute atomic E-state index is 0.0439. The normalized spacial score (nSPS) is 12.4. The number of fused-ring (bicyclic) bond motifs is 1. The number of carbonyl (C=O) groups is 2. The highest BCUT2D eigenvalue weighted by Gasteiger charge is 2.26. The number of pyridine rings is 1. The summed E-state index contributed by atoms with van der Waals surface area (Å²) in [5, 5.41) is 15.9. The minimum Gasteiger partial charge on any atom is -0.469 e. The van der Waals surface area contributed by atoms with Crippen molar-refractivity contribution in [2.24, 2.45) is 0 Å². The molecule has 0 aliphatic carbocycles. The second-order valence-corrected chi connectivity index (χ2v) is 13.5. The number of esters is 1. The van der Waals surface area contributed by atoms with Gasteiger partial charge in [0.15, 0.2) is 5.65 Å². The summed E-state index contributed by atoms with van der Waals surface area (Å²) in [4.78, 5) is 38.9. The lowest BCUT2D eigenvalue weighted by Crippen LogP contribution is -2.28. The van der Waals surface area contributed by atoms with Gasteiger partial charge in [-0.05, 0) is 53.9 Å². The number of nitriles is 1. The van der Waals surface area contributed by atoms with Crippen molar-refractivity contribution >= 4 is 44.6 Å². The van der Waals surface area contributed by atoms with Crippen LogP contribution in [0, 0.1) is 17.1 Å². The first-order valence-electron chi connectivity index (χ1n) is 15.8. The molecule has 2 atom stereocenters. The van der Waals surface area contributed by atoms with Gasteiger partial charge in [0, 0.05) is 18.0 Å². The van der Waals surface area contributed by atoms with Crippen LogP contribution in [-0.2, 0) is 19.6 Å². The molecule has 13 nitrogen and oxygen atoms in total. The number of halogens is 1. The van der Waals surface area contributed by atoms with Crippen LogP contribution >= 0.6 is 0 Å². The first kappa shape index (κ1) is 35.2. The zero-order chi connectivity index (χ0) is 37.0. The maximum atomic E-state index is 13.7. The monoisotopic (exact) mass is 718 g/mol. The maximum absolute atomic E-state index is 13.7. The fourth-order valence-corrected chi connectivity index (χ4v) is 6.99. The molecule has 15 heteroatoms. The van der Waals surface area contributed by atoms with Crippen LogP contribution in [0.4, 0.5) is 16.0 Å². The van der Waals surface area contributed by atoms with Gasteiger partial charge in [0.2, 0.25) is 0 Å². The molecular formula is C37H31FN8O5S. The maximum Gasteiger partial charge on any atom is 0.307 e. The molecule has 3 aromatic carbocycles. The van der Waals surface area contributed by atoms with Crippen molar-refractivity contribution in [3.63, 3.8) is 0 Å². The summed E-state index contributed by atoms with van der Waals surface area (Å²) >= 11 is 0. The standard InChI is InChI=1S/C37H31FN8O5S/c1-22(24-12-14-27(38)15-13-24)44-37(48)29-16-23(18-39)19-41-35(29)45-31(17-32(47)51-2)26-10-8-25(9-11-26)30-20-46(36-33(30)34(40)42-21-43-36)52(49,50)28-6-4-3-5-7-28/h3-16,19-22,31H,17H2,1-2H3,(H,41,45)(H,44,48)(H2,40,42,43). The number of amides is 1. The Balaban J connectivity index is 1.35. The second-order valence-electron chi connectivity index (χ2n) is 11.7. The summed E-state index contributed by atoms with van der Waals surface area (Å²) < 4.78 is 46.8. The number of nitrogen functional groups attached to an aromatic ring is 1. The molecule has 3 heterocycles. The predicted octanol–water partition coefficient (Wildman–Crippen LogP) is 5.53. The molecule has 0 aliphatic heterocycles. The number of benzene rings is 3. The van der Waals surface area contributed by atoms with E-state index in [0.717, 1.165) is 3.97 Å². The van der Waals surface area contributed by atoms with E-state index >= 15 is 0 Å². The number of methoxy groups -OCH3 is 1. The number of hydrogen-bond donors (Lipinski definition) is 3. The molecule has 0 radical (unpaired) electrons. The van der Waals surface area contributed by atoms with E-state index in [0.29, 0.717) is 27.6 Å². The van der Waals surface area contributed by atoms with Crippen molar-refractivity contribution in [3.8, 4) is 17.2 Å². The molecule has 262 valence electrons. The Bertz CT molecular complexity index is 2430. The summed E-state index contributed by atoms with van der Waals surface area (Å²) in [7, 11) is -2.80. The van der Waals surface area contributed by atoms with Gasteiger partial charge in [-0.2, -0.15) is 5.26 Å². The number of aromatic nitrogens is 4. The third kappa shape index (κ3) is 7.14. The van der Waals surface area contributed by atoms with Gasteiger partial charge in [-0.1, -0.05) is 54.6 Å². The van der Waals surface area contributed by atoms with Crippen LogP contribution in [-0.4, -0.2) is 46.3 Å². The highest BCUT2D eigenvalue weighted by molar-refractivity contribution is 7.90. The van der Waals surface area contributed by atoms with Gasteiger partial charge in [0.05, 0.1) is 47.0 Å². The van der Waals surface area contributed by atoms with Crippen molar-refractivity contribution < 1.29 is 27.1 Å². The molecule has 0 saturated carbocycles. The van der Waals surface area contributed by atoms with Crippen LogP contribution in [0.2, 0.25) is 0 Å². The zero-order valence-corrected chi connectivity index (χ0v) is 28.6. The third-order valence-electron chi connectivity index (χ3n) is 8.39. The highest BCUT2D eigenvalue weighted by atomic mass is 32.2. The highest BCUT2D eigenvalue weighted by Crippen LogP contribution is 2.36. The van der Waals surface area contributed by atoms with Gasteiger partial charge in [-0.25, -0.2) is 31.7 Å². The van der Waals surface area contributed by atoms with Gasteiger partial charge in [0.25, 0.3) is 15.9 Å². The largest absolute Gasteiger partial charge is 0.469 e. The van der Waals surface area contributed by atoms with Crippen molar-refractivity contribution in [2.45, 2.75) is 30.3 Å². The molecule has 3 aromatic heterocycles. The molecule has 0 aliphatic rings. The van der Waals surface area contributed by atoms with Crippen molar-refractivity contribution in [1.29, 1.82) is 5.26 Å². The minimum atomic E-state index is -4.05. The molecule has 0 fully saturated rings. The fraction of sp³-hybridized carbons (Fsp3) is 0.135. The zero-order valence-electron chi connectivity index (χ0n) is 27.8. The first-order valence-corrected chi connectivity index (χ1v) is 17.3. The average Bonchev–Trinajstić information content (AvgIpc) is 3.57. The van der Waals surface area contributed by atoms with Gasteiger partial charge in [-0.3, -0.25) is 9.59 Å². The van der Waals surface area contributed by atoms with Crippen LogP contribution in [0.15, 0.2) is 109 Å². The first-order chi connectivity index (χ1) is 25.0. The number of rotatable bonds is 11. The van der Waals surface area contributed by atoms with E-state index in [2.05, 4.69) is 25.6 Å². The molecular weight excluding hydrogens is 688 g/mol. The third-order valence-corrected chi connectivity index (χ3v) is 10.1. The Morgan fingerprint density at radius 1 is 1.00 bits per heavy atom. The van der Waals surface area contributed by atoms with E-state index in [4.69, 9.17) is 10.5 Å². The van der Waals surface area contributed by atoms with Crippen LogP contribution in [0.5, 0.6) is 0 Å². The van der Waals surface area contributed by atoms with Gasteiger partial charge in [-0.15, -0.1) is 0 Å². The Kier molecular flexibility index (Phi) is 9.93. The van der Waals surface area contributed by atoms with E-state index in [1.54, 1.807) is 61.5 Å². The Morgan fingerprint density at radius 2 is 1.69 bits per heavy atom. The summed E-state index contributed by atoms with van der Waals surface area (Å²) in [5.74, 6) is -1.34. The predicted molar refractivity (Wildman–Crippen MR) is 191 cm³/mol. The average molecular weight is 719 g/mol. The topological polar surface area (TPSA) is 195 Å². The summed E-state index contributed by atoms with van der Waals surface area (Å²) in [6.45, 7) is 1.73. The number of nitrogens with two attached hydrogens (primary N) is 1. The summed E-state index contributed by atoms with van der Waals surface area (Å²) in [6, 6.07) is 22.6. The molecule has 0 spiro atoms. The van der Waals surface area contributed by atoms with E-state index in [1.807, 2.05) is 6.07 Å². The van der Waals surface area contributed by atoms with Crippen molar-refractivity contribution in [3.05, 3.63) is 132 Å². The number of nitrogens with one attached hydrogen (secondary N) is 2. The van der Waals surface area contributed by atoms with E-state index < -0.39 is 39.8 Å². The van der Waals surface area contributed by atoms with Gasteiger partial charge < -0.3 is 21.1 Å².